The number of carbonyl (C=O) groups is 3. The summed E-state index contributed by atoms with van der Waals surface area (Å²) in [4.78, 5) is 38.2. The van der Waals surface area contributed by atoms with E-state index in [9.17, 15) is 14.4 Å². The third-order valence-corrected chi connectivity index (χ3v) is 11.4. The van der Waals surface area contributed by atoms with Gasteiger partial charge in [-0.25, -0.2) is 0 Å². The highest BCUT2D eigenvalue weighted by molar-refractivity contribution is 5.71. The van der Waals surface area contributed by atoms with Crippen molar-refractivity contribution in [2.75, 3.05) is 13.2 Å². The number of unbranched alkanes of at least 4 members (excludes halogenated alkanes) is 9. The molecule has 0 rings (SSSR count). The molecule has 416 valence electrons. The summed E-state index contributed by atoms with van der Waals surface area (Å²) >= 11 is 0. The molecule has 0 aromatic carbocycles. The van der Waals surface area contributed by atoms with Gasteiger partial charge in [0.15, 0.2) is 6.10 Å². The van der Waals surface area contributed by atoms with Crippen molar-refractivity contribution in [3.8, 4) is 0 Å². The molecule has 0 saturated carbocycles. The van der Waals surface area contributed by atoms with Gasteiger partial charge in [-0.15, -0.1) is 0 Å². The Morgan fingerprint density at radius 1 is 0.267 bits per heavy atom. The van der Waals surface area contributed by atoms with Crippen molar-refractivity contribution in [1.29, 1.82) is 0 Å². The summed E-state index contributed by atoms with van der Waals surface area (Å²) in [5, 5.41) is 0. The molecule has 0 amide bonds. The molecule has 0 spiro atoms. The second-order valence-corrected chi connectivity index (χ2v) is 18.4. The molecule has 0 fully saturated rings. The van der Waals surface area contributed by atoms with Gasteiger partial charge in [0.2, 0.25) is 0 Å². The van der Waals surface area contributed by atoms with Crippen LogP contribution in [0.5, 0.6) is 0 Å². The van der Waals surface area contributed by atoms with Crippen LogP contribution in [0.25, 0.3) is 0 Å². The van der Waals surface area contributed by atoms with E-state index in [1.165, 1.54) is 32.1 Å². The first-order valence-corrected chi connectivity index (χ1v) is 29.3. The maximum Gasteiger partial charge on any atom is 0.306 e. The van der Waals surface area contributed by atoms with E-state index in [1.807, 2.05) is 12.2 Å². The minimum absolute atomic E-state index is 0.140. The SMILES string of the molecule is CC/C=C\C/C=C\C/C=C\C/C=C\C/C=C\C/C=C\CCC(=O)OC(COC(=O)CCC/C=C\C/C=C\C/C=C\C/C=C\C/C=C\CC)COC(=O)CCCCCCCCCC/C=C\C/C=C\C/C=C\C/C=C\CC. The monoisotopic (exact) mass is 1030 g/mol. The van der Waals surface area contributed by atoms with Crippen LogP contribution in [0.2, 0.25) is 0 Å². The van der Waals surface area contributed by atoms with Crippen molar-refractivity contribution in [2.45, 2.75) is 219 Å². The normalized spacial score (nSPS) is 13.5. The molecule has 0 radical (unpaired) electrons. The summed E-state index contributed by atoms with van der Waals surface area (Å²) in [7, 11) is 0. The van der Waals surface area contributed by atoms with Crippen LogP contribution in [0, 0.1) is 0 Å². The standard InChI is InChI=1S/C69H104O6/c1-4-7-10-13-16-19-22-25-28-31-33-34-36-38-41-44-47-50-53-56-59-62-68(71)74-65-66(64-73-67(70)61-58-55-52-49-46-43-40-37-30-27-24-21-18-15-12-9-6-3)75-69(72)63-60-57-54-51-48-45-42-39-35-32-29-26-23-20-17-14-11-8-5-2/h7-12,16-21,25-30,33-35,39-40,43,45,48-49,52,54,57,66H,4-6,13-15,22-24,31-32,36-38,41-42,44,46-47,50-51,53,55-56,58-65H2,1-3H3/b10-7-,11-8-,12-9-,19-16-,20-17-,21-18-,28-25-,29-26-,30-27-,34-33-,39-35-,43-40-,48-45-,52-49-,57-54-. The zero-order chi connectivity index (χ0) is 54.3. The number of esters is 3. The first kappa shape index (κ1) is 69.5. The van der Waals surface area contributed by atoms with Crippen LogP contribution in [0.1, 0.15) is 213 Å². The second-order valence-electron chi connectivity index (χ2n) is 18.4. The molecule has 0 aromatic heterocycles. The van der Waals surface area contributed by atoms with E-state index in [1.54, 1.807) is 0 Å². The highest BCUT2D eigenvalue weighted by Crippen LogP contribution is 2.13. The molecular formula is C69H104O6. The largest absolute Gasteiger partial charge is 0.462 e. The maximum absolute atomic E-state index is 12.8. The van der Waals surface area contributed by atoms with Gasteiger partial charge in [-0.2, -0.15) is 0 Å². The average Bonchev–Trinajstić information content (AvgIpc) is 3.41. The van der Waals surface area contributed by atoms with Gasteiger partial charge in [0.1, 0.15) is 13.2 Å². The molecule has 0 heterocycles. The molecule has 0 aliphatic carbocycles. The van der Waals surface area contributed by atoms with Gasteiger partial charge in [-0.1, -0.05) is 242 Å². The molecule has 0 aliphatic rings. The molecule has 0 aromatic rings. The number of rotatable bonds is 50. The van der Waals surface area contributed by atoms with Crippen molar-refractivity contribution in [3.05, 3.63) is 182 Å². The summed E-state index contributed by atoms with van der Waals surface area (Å²) in [5.41, 5.74) is 0. The van der Waals surface area contributed by atoms with Gasteiger partial charge < -0.3 is 14.2 Å². The Balaban J connectivity index is 4.63. The lowest BCUT2D eigenvalue weighted by Crippen LogP contribution is -2.30. The van der Waals surface area contributed by atoms with Crippen LogP contribution in [-0.2, 0) is 28.6 Å². The minimum Gasteiger partial charge on any atom is -0.462 e. The topological polar surface area (TPSA) is 78.9 Å². The van der Waals surface area contributed by atoms with Crippen molar-refractivity contribution in [3.63, 3.8) is 0 Å². The fourth-order valence-corrected chi connectivity index (χ4v) is 7.14. The molecule has 1 atom stereocenters. The van der Waals surface area contributed by atoms with E-state index in [4.69, 9.17) is 14.2 Å². The first-order valence-electron chi connectivity index (χ1n) is 29.3. The van der Waals surface area contributed by atoms with Crippen molar-refractivity contribution >= 4 is 17.9 Å². The minimum atomic E-state index is -0.857. The van der Waals surface area contributed by atoms with E-state index in [0.717, 1.165) is 128 Å². The molecule has 1 unspecified atom stereocenters. The summed E-state index contributed by atoms with van der Waals surface area (Å²) in [6.45, 7) is 6.16. The lowest BCUT2D eigenvalue weighted by Gasteiger charge is -2.18. The summed E-state index contributed by atoms with van der Waals surface area (Å²) in [5.74, 6) is -1.11. The number of hydrogen-bond acceptors (Lipinski definition) is 6. The highest BCUT2D eigenvalue weighted by Gasteiger charge is 2.19. The van der Waals surface area contributed by atoms with E-state index >= 15 is 0 Å². The third kappa shape index (κ3) is 59.3. The fourth-order valence-electron chi connectivity index (χ4n) is 7.14. The summed E-state index contributed by atoms with van der Waals surface area (Å²) in [6.07, 6.45) is 91.8. The van der Waals surface area contributed by atoms with Crippen LogP contribution >= 0.6 is 0 Å². The van der Waals surface area contributed by atoms with E-state index < -0.39 is 12.1 Å². The summed E-state index contributed by atoms with van der Waals surface area (Å²) in [6, 6.07) is 0. The summed E-state index contributed by atoms with van der Waals surface area (Å²) < 4.78 is 16.7. The fraction of sp³-hybridized carbons (Fsp3) is 0.522. The van der Waals surface area contributed by atoms with Crippen LogP contribution < -0.4 is 0 Å². The first-order chi connectivity index (χ1) is 37.0. The Morgan fingerprint density at radius 3 is 0.853 bits per heavy atom. The number of hydrogen-bond donors (Lipinski definition) is 0. The predicted octanol–water partition coefficient (Wildman–Crippen LogP) is 20.1. The van der Waals surface area contributed by atoms with Gasteiger partial charge in [0.05, 0.1) is 0 Å². The molecule has 0 aliphatic heterocycles. The Hall–Kier alpha value is -5.49. The van der Waals surface area contributed by atoms with Crippen molar-refractivity contribution in [1.82, 2.24) is 0 Å². The zero-order valence-electron chi connectivity index (χ0n) is 47.5. The number of carbonyl (C=O) groups excluding carboxylic acids is 3. The van der Waals surface area contributed by atoms with Gasteiger partial charge >= 0.3 is 17.9 Å². The highest BCUT2D eigenvalue weighted by atomic mass is 16.6. The van der Waals surface area contributed by atoms with Crippen LogP contribution in [-0.4, -0.2) is 37.2 Å². The van der Waals surface area contributed by atoms with E-state index in [-0.39, 0.29) is 38.0 Å². The van der Waals surface area contributed by atoms with Gasteiger partial charge in [0, 0.05) is 19.3 Å². The zero-order valence-corrected chi connectivity index (χ0v) is 47.5. The Morgan fingerprint density at radius 2 is 0.520 bits per heavy atom. The maximum atomic E-state index is 12.8. The lowest BCUT2D eigenvalue weighted by molar-refractivity contribution is -0.166. The molecular weight excluding hydrogens is 925 g/mol. The van der Waals surface area contributed by atoms with Gasteiger partial charge in [-0.05, 0) is 135 Å². The smallest absolute Gasteiger partial charge is 0.306 e. The van der Waals surface area contributed by atoms with Crippen LogP contribution in [0.4, 0.5) is 0 Å². The Bertz CT molecular complexity index is 1800. The molecule has 0 N–H and O–H groups in total. The molecule has 0 bridgehead atoms. The van der Waals surface area contributed by atoms with Crippen LogP contribution in [0.15, 0.2) is 182 Å². The van der Waals surface area contributed by atoms with E-state index in [2.05, 4.69) is 191 Å². The molecule has 6 nitrogen and oxygen atoms in total. The van der Waals surface area contributed by atoms with Crippen molar-refractivity contribution < 1.29 is 28.6 Å². The van der Waals surface area contributed by atoms with Gasteiger partial charge in [0.25, 0.3) is 0 Å². The third-order valence-electron chi connectivity index (χ3n) is 11.4. The van der Waals surface area contributed by atoms with Crippen molar-refractivity contribution in [2.24, 2.45) is 0 Å². The Kier molecular flexibility index (Phi) is 56.6. The number of ether oxygens (including phenoxy) is 3. The molecule has 0 saturated heterocycles. The molecule has 6 heteroatoms. The lowest BCUT2D eigenvalue weighted by atomic mass is 10.1. The Labute approximate surface area is 459 Å². The number of allylic oxidation sites excluding steroid dienone is 30. The van der Waals surface area contributed by atoms with Gasteiger partial charge in [-0.3, -0.25) is 14.4 Å². The van der Waals surface area contributed by atoms with Crippen LogP contribution in [0.3, 0.4) is 0 Å². The molecule has 75 heavy (non-hydrogen) atoms. The average molecular weight is 1030 g/mol. The second kappa shape index (κ2) is 61.1. The quantitative estimate of drug-likeness (QED) is 0.0261. The predicted molar refractivity (Wildman–Crippen MR) is 324 cm³/mol. The van der Waals surface area contributed by atoms with E-state index in [0.29, 0.717) is 19.3 Å².